The van der Waals surface area contributed by atoms with Gasteiger partial charge in [-0.3, -0.25) is 4.79 Å². The molecule has 1 rings (SSSR count). The summed E-state index contributed by atoms with van der Waals surface area (Å²) in [5.74, 6) is -0.317. The number of hydrogen-bond donors (Lipinski definition) is 1. The van der Waals surface area contributed by atoms with Crippen LogP contribution in [0.3, 0.4) is 0 Å². The van der Waals surface area contributed by atoms with Crippen LogP contribution in [0.1, 0.15) is 17.3 Å². The lowest BCUT2D eigenvalue weighted by Crippen LogP contribution is -2.30. The first-order valence-corrected chi connectivity index (χ1v) is 5.95. The van der Waals surface area contributed by atoms with E-state index in [4.69, 9.17) is 11.0 Å². The number of halogens is 1. The molecule has 0 saturated carbocycles. The average Bonchev–Trinajstić information content (AvgIpc) is 2.31. The first kappa shape index (κ1) is 13.5. The lowest BCUT2D eigenvalue weighted by Gasteiger charge is -2.18. The maximum atomic E-state index is 12.0. The lowest BCUT2D eigenvalue weighted by molar-refractivity contribution is 0.0785. The summed E-state index contributed by atoms with van der Waals surface area (Å²) >= 11 is 3.27. The zero-order valence-electron chi connectivity index (χ0n) is 9.77. The molecule has 0 bridgehead atoms. The van der Waals surface area contributed by atoms with Crippen LogP contribution in [-0.2, 0) is 0 Å². The van der Waals surface area contributed by atoms with E-state index in [-0.39, 0.29) is 11.8 Å². The fourth-order valence-electron chi connectivity index (χ4n) is 1.43. The van der Waals surface area contributed by atoms with Crippen molar-refractivity contribution in [1.82, 2.24) is 4.90 Å². The molecule has 0 aliphatic carbocycles. The van der Waals surface area contributed by atoms with Gasteiger partial charge in [0.2, 0.25) is 0 Å². The summed E-state index contributed by atoms with van der Waals surface area (Å²) in [5.41, 5.74) is 6.77. The van der Waals surface area contributed by atoms with Crippen molar-refractivity contribution in [2.45, 2.75) is 6.92 Å². The van der Waals surface area contributed by atoms with Crippen LogP contribution in [0.25, 0.3) is 0 Å². The molecule has 0 aliphatic rings. The molecule has 1 aromatic rings. The van der Waals surface area contributed by atoms with Gasteiger partial charge in [0.25, 0.3) is 5.91 Å². The molecule has 1 atom stereocenters. The first-order valence-electron chi connectivity index (χ1n) is 5.15. The molecule has 0 fully saturated rings. The van der Waals surface area contributed by atoms with Gasteiger partial charge in [-0.1, -0.05) is 0 Å². The number of carbonyl (C=O) groups excluding carboxylic acids is 1. The molecule has 5 heteroatoms. The summed E-state index contributed by atoms with van der Waals surface area (Å²) in [6.45, 7) is 2.19. The third-order valence-electron chi connectivity index (χ3n) is 2.36. The van der Waals surface area contributed by atoms with Gasteiger partial charge in [0.15, 0.2) is 0 Å². The Labute approximate surface area is 109 Å². The Bertz CT molecular complexity index is 467. The van der Waals surface area contributed by atoms with Crippen LogP contribution in [0.2, 0.25) is 0 Å². The number of rotatable bonds is 3. The molecule has 17 heavy (non-hydrogen) atoms. The lowest BCUT2D eigenvalue weighted by atomic mass is 10.1. The van der Waals surface area contributed by atoms with Gasteiger partial charge < -0.3 is 10.6 Å². The number of nitrogen functional groups attached to an aromatic ring is 1. The van der Waals surface area contributed by atoms with Crippen LogP contribution in [-0.4, -0.2) is 24.4 Å². The van der Waals surface area contributed by atoms with E-state index in [2.05, 4.69) is 22.0 Å². The SMILES string of the molecule is CC(C#N)CN(C)C(=O)c1ccc(Br)c(N)c1. The van der Waals surface area contributed by atoms with Crippen LogP contribution in [0.5, 0.6) is 0 Å². The predicted octanol–water partition coefficient (Wildman–Crippen LogP) is 2.26. The Morgan fingerprint density at radius 2 is 2.29 bits per heavy atom. The van der Waals surface area contributed by atoms with E-state index in [1.807, 2.05) is 0 Å². The van der Waals surface area contributed by atoms with E-state index in [0.717, 1.165) is 4.47 Å². The summed E-state index contributed by atoms with van der Waals surface area (Å²) in [4.78, 5) is 13.5. The highest BCUT2D eigenvalue weighted by molar-refractivity contribution is 9.10. The molecule has 0 saturated heterocycles. The zero-order valence-corrected chi connectivity index (χ0v) is 11.4. The highest BCUT2D eigenvalue weighted by Crippen LogP contribution is 2.21. The highest BCUT2D eigenvalue weighted by atomic mass is 79.9. The number of amides is 1. The van der Waals surface area contributed by atoms with E-state index in [0.29, 0.717) is 17.8 Å². The third kappa shape index (κ3) is 3.46. The predicted molar refractivity (Wildman–Crippen MR) is 70.3 cm³/mol. The third-order valence-corrected chi connectivity index (χ3v) is 3.08. The molecular formula is C12H14BrN3O. The van der Waals surface area contributed by atoms with Crippen LogP contribution >= 0.6 is 15.9 Å². The molecule has 1 unspecified atom stereocenters. The molecule has 0 heterocycles. The fourth-order valence-corrected chi connectivity index (χ4v) is 1.68. The van der Waals surface area contributed by atoms with Crippen molar-refractivity contribution >= 4 is 27.5 Å². The van der Waals surface area contributed by atoms with E-state index >= 15 is 0 Å². The van der Waals surface area contributed by atoms with Crippen LogP contribution in [0.4, 0.5) is 5.69 Å². The van der Waals surface area contributed by atoms with Gasteiger partial charge in [-0.25, -0.2) is 0 Å². The minimum Gasteiger partial charge on any atom is -0.398 e. The molecule has 4 nitrogen and oxygen atoms in total. The Morgan fingerprint density at radius 1 is 1.65 bits per heavy atom. The summed E-state index contributed by atoms with van der Waals surface area (Å²) in [7, 11) is 1.68. The van der Waals surface area contributed by atoms with Gasteiger partial charge >= 0.3 is 0 Å². The van der Waals surface area contributed by atoms with Gasteiger partial charge in [-0.2, -0.15) is 5.26 Å². The fraction of sp³-hybridized carbons (Fsp3) is 0.333. The van der Waals surface area contributed by atoms with Crippen molar-refractivity contribution in [3.05, 3.63) is 28.2 Å². The second-order valence-corrected chi connectivity index (χ2v) is 4.81. The summed E-state index contributed by atoms with van der Waals surface area (Å²) in [5, 5.41) is 8.70. The second kappa shape index (κ2) is 5.69. The number of nitrogens with two attached hydrogens (primary N) is 1. The normalized spacial score (nSPS) is 11.6. The van der Waals surface area contributed by atoms with E-state index in [9.17, 15) is 4.79 Å². The molecule has 0 spiro atoms. The monoisotopic (exact) mass is 295 g/mol. The van der Waals surface area contributed by atoms with Crippen molar-refractivity contribution in [3.8, 4) is 6.07 Å². The van der Waals surface area contributed by atoms with E-state index < -0.39 is 0 Å². The van der Waals surface area contributed by atoms with Crippen LogP contribution in [0.15, 0.2) is 22.7 Å². The van der Waals surface area contributed by atoms with Crippen molar-refractivity contribution in [3.63, 3.8) is 0 Å². The largest absolute Gasteiger partial charge is 0.398 e. The van der Waals surface area contributed by atoms with Gasteiger partial charge in [-0.15, -0.1) is 0 Å². The maximum Gasteiger partial charge on any atom is 0.253 e. The topological polar surface area (TPSA) is 70.1 Å². The van der Waals surface area contributed by atoms with Gasteiger partial charge in [0, 0.05) is 29.3 Å². The van der Waals surface area contributed by atoms with Crippen molar-refractivity contribution in [2.24, 2.45) is 5.92 Å². The molecule has 0 aromatic heterocycles. The van der Waals surface area contributed by atoms with Crippen LogP contribution in [0, 0.1) is 17.2 Å². The van der Waals surface area contributed by atoms with Gasteiger partial charge in [0.05, 0.1) is 12.0 Å². The zero-order chi connectivity index (χ0) is 13.0. The first-order chi connectivity index (χ1) is 7.95. The van der Waals surface area contributed by atoms with Crippen molar-refractivity contribution < 1.29 is 4.79 Å². The van der Waals surface area contributed by atoms with Crippen LogP contribution < -0.4 is 5.73 Å². The van der Waals surface area contributed by atoms with Gasteiger partial charge in [-0.05, 0) is 41.1 Å². The molecule has 0 aliphatic heterocycles. The van der Waals surface area contributed by atoms with Crippen molar-refractivity contribution in [2.75, 3.05) is 19.3 Å². The molecule has 0 radical (unpaired) electrons. The molecule has 90 valence electrons. The second-order valence-electron chi connectivity index (χ2n) is 3.95. The average molecular weight is 296 g/mol. The van der Waals surface area contributed by atoms with E-state index in [1.165, 1.54) is 4.90 Å². The van der Waals surface area contributed by atoms with Crippen molar-refractivity contribution in [1.29, 1.82) is 5.26 Å². The van der Waals surface area contributed by atoms with Gasteiger partial charge in [0.1, 0.15) is 0 Å². The number of nitriles is 1. The minimum atomic E-state index is -0.184. The smallest absolute Gasteiger partial charge is 0.253 e. The Kier molecular flexibility index (Phi) is 4.53. The molecule has 2 N–H and O–H groups in total. The van der Waals surface area contributed by atoms with E-state index in [1.54, 1.807) is 32.2 Å². The number of hydrogen-bond acceptors (Lipinski definition) is 3. The quantitative estimate of drug-likeness (QED) is 0.870. The summed E-state index contributed by atoms with van der Waals surface area (Å²) < 4.78 is 0.766. The summed E-state index contributed by atoms with van der Waals surface area (Å²) in [6, 6.07) is 7.17. The number of anilines is 1. The molecular weight excluding hydrogens is 282 g/mol. The number of nitrogens with zero attached hydrogens (tertiary/aromatic N) is 2. The highest BCUT2D eigenvalue weighted by Gasteiger charge is 2.14. The maximum absolute atomic E-state index is 12.0. The Balaban J connectivity index is 2.82. The number of carbonyl (C=O) groups is 1. The molecule has 1 amide bonds. The Morgan fingerprint density at radius 3 is 2.82 bits per heavy atom. The minimum absolute atomic E-state index is 0.133. The number of benzene rings is 1. The standard InChI is InChI=1S/C12H14BrN3O/c1-8(6-14)7-16(2)12(17)9-3-4-10(13)11(15)5-9/h3-5,8H,7,15H2,1-2H3. The summed E-state index contributed by atoms with van der Waals surface area (Å²) in [6.07, 6.45) is 0. The molecule has 1 aromatic carbocycles. The Hall–Kier alpha value is -1.54.